The average Bonchev–Trinajstić information content (AvgIpc) is 1.25. The van der Waals surface area contributed by atoms with Crippen molar-refractivity contribution in [3.8, 4) is 0 Å². The maximum absolute atomic E-state index is 13.1. The number of hydrogen-bond acceptors (Lipinski definition) is 15. The van der Waals surface area contributed by atoms with Gasteiger partial charge in [0.2, 0.25) is 0 Å². The van der Waals surface area contributed by atoms with Gasteiger partial charge in [-0.1, -0.05) is 354 Å². The molecule has 100 heavy (non-hydrogen) atoms. The van der Waals surface area contributed by atoms with Gasteiger partial charge in [-0.25, -0.2) is 9.13 Å². The van der Waals surface area contributed by atoms with Crippen LogP contribution in [0.2, 0.25) is 0 Å². The number of aliphatic hydroxyl groups is 1. The first-order valence-electron chi connectivity index (χ1n) is 41.6. The molecule has 0 saturated carbocycles. The van der Waals surface area contributed by atoms with Crippen LogP contribution in [0.15, 0.2) is 24.3 Å². The first-order valence-corrected chi connectivity index (χ1v) is 44.6. The average molecular weight is 1460 g/mol. The van der Waals surface area contributed by atoms with Gasteiger partial charge in [-0.15, -0.1) is 0 Å². The number of esters is 4. The molecular formula is C81H154O17P2. The highest BCUT2D eigenvalue weighted by Crippen LogP contribution is 2.45. The summed E-state index contributed by atoms with van der Waals surface area (Å²) in [5.41, 5.74) is 0. The van der Waals surface area contributed by atoms with Crippen molar-refractivity contribution in [2.75, 3.05) is 39.6 Å². The molecule has 0 saturated heterocycles. The predicted molar refractivity (Wildman–Crippen MR) is 409 cm³/mol. The van der Waals surface area contributed by atoms with E-state index >= 15 is 0 Å². The van der Waals surface area contributed by atoms with Gasteiger partial charge < -0.3 is 33.8 Å². The van der Waals surface area contributed by atoms with Crippen LogP contribution in [0.5, 0.6) is 0 Å². The molecule has 0 aliphatic carbocycles. The summed E-state index contributed by atoms with van der Waals surface area (Å²) in [6, 6.07) is 0. The topological polar surface area (TPSA) is 237 Å². The van der Waals surface area contributed by atoms with Gasteiger partial charge in [0.15, 0.2) is 12.2 Å². The molecule has 0 spiro atoms. The van der Waals surface area contributed by atoms with Gasteiger partial charge in [-0.05, 0) is 57.8 Å². The van der Waals surface area contributed by atoms with Gasteiger partial charge in [0.1, 0.15) is 19.3 Å². The molecular weight excluding hydrogens is 1310 g/mol. The van der Waals surface area contributed by atoms with Crippen LogP contribution in [0.4, 0.5) is 0 Å². The zero-order valence-electron chi connectivity index (χ0n) is 64.7. The summed E-state index contributed by atoms with van der Waals surface area (Å²) in [5.74, 6) is -2.13. The number of unbranched alkanes of at least 4 members (excludes halogenated alkanes) is 50. The van der Waals surface area contributed by atoms with E-state index in [9.17, 15) is 43.2 Å². The van der Waals surface area contributed by atoms with Gasteiger partial charge in [0.05, 0.1) is 26.4 Å². The van der Waals surface area contributed by atoms with Crippen LogP contribution in [-0.4, -0.2) is 96.7 Å². The molecule has 0 rings (SSSR count). The van der Waals surface area contributed by atoms with E-state index in [-0.39, 0.29) is 25.7 Å². The van der Waals surface area contributed by atoms with E-state index in [2.05, 4.69) is 52.0 Å². The molecule has 19 heteroatoms. The number of ether oxygens (including phenoxy) is 4. The summed E-state index contributed by atoms with van der Waals surface area (Å²) in [7, 11) is -9.93. The maximum Gasteiger partial charge on any atom is 0.472 e. The Hall–Kier alpha value is -2.46. The third-order valence-corrected chi connectivity index (χ3v) is 20.4. The summed E-state index contributed by atoms with van der Waals surface area (Å²) in [6.45, 7) is 4.97. The van der Waals surface area contributed by atoms with Crippen LogP contribution >= 0.6 is 15.6 Å². The molecule has 0 bridgehead atoms. The van der Waals surface area contributed by atoms with Crippen molar-refractivity contribution in [3.05, 3.63) is 24.3 Å². The number of phosphoric acid groups is 2. The molecule has 5 atom stereocenters. The maximum atomic E-state index is 13.1. The van der Waals surface area contributed by atoms with Crippen molar-refractivity contribution < 1.29 is 80.2 Å². The van der Waals surface area contributed by atoms with Crippen LogP contribution in [-0.2, 0) is 65.4 Å². The van der Waals surface area contributed by atoms with E-state index in [1.165, 1.54) is 225 Å². The highest BCUT2D eigenvalue weighted by Gasteiger charge is 2.30. The molecule has 0 aromatic rings. The minimum atomic E-state index is -4.97. The first kappa shape index (κ1) is 97.5. The van der Waals surface area contributed by atoms with Crippen LogP contribution in [0.25, 0.3) is 0 Å². The Bertz CT molecular complexity index is 1990. The Balaban J connectivity index is 5.30. The Kier molecular flexibility index (Phi) is 73.0. The summed E-state index contributed by atoms with van der Waals surface area (Å²) < 4.78 is 68.7. The molecule has 0 aromatic carbocycles. The smallest absolute Gasteiger partial charge is 0.462 e. The van der Waals surface area contributed by atoms with Crippen molar-refractivity contribution in [2.24, 2.45) is 0 Å². The van der Waals surface area contributed by atoms with Crippen LogP contribution in [0.3, 0.4) is 0 Å². The molecule has 0 aliphatic rings. The fraction of sp³-hybridized carbons (Fsp3) is 0.901. The van der Waals surface area contributed by atoms with E-state index in [0.717, 1.165) is 109 Å². The summed E-state index contributed by atoms with van der Waals surface area (Å²) in [4.78, 5) is 73.1. The van der Waals surface area contributed by atoms with Crippen LogP contribution < -0.4 is 0 Å². The molecule has 0 amide bonds. The van der Waals surface area contributed by atoms with Crippen molar-refractivity contribution in [1.29, 1.82) is 0 Å². The van der Waals surface area contributed by atoms with Gasteiger partial charge in [0.25, 0.3) is 0 Å². The number of phosphoric ester groups is 2. The number of aliphatic hydroxyl groups excluding tert-OH is 1. The monoisotopic (exact) mass is 1460 g/mol. The molecule has 590 valence electrons. The van der Waals surface area contributed by atoms with Crippen LogP contribution in [0.1, 0.15) is 413 Å². The Morgan fingerprint density at radius 1 is 0.280 bits per heavy atom. The molecule has 0 heterocycles. The fourth-order valence-electron chi connectivity index (χ4n) is 12.1. The molecule has 0 radical (unpaired) electrons. The van der Waals surface area contributed by atoms with Crippen molar-refractivity contribution in [1.82, 2.24) is 0 Å². The summed E-state index contributed by atoms with van der Waals surface area (Å²) in [6.07, 6.45) is 69.9. The SMILES string of the molecule is CCCCC/C=C\C/C=C\CCCCCCCC(=O)O[C@H](COC(=O)CCCCCCCCCCCCCCCCC)COP(=O)(O)OC[C@H](O)COP(=O)(O)OC[C@@H](COC(=O)CCCCCCCCCCCCCCCCC)OC(=O)CCCCCCCCCCCCCCCCC. The lowest BCUT2D eigenvalue weighted by Gasteiger charge is -2.21. The third kappa shape index (κ3) is 73.8. The molecule has 3 N–H and O–H groups in total. The lowest BCUT2D eigenvalue weighted by molar-refractivity contribution is -0.161. The Morgan fingerprint density at radius 2 is 0.490 bits per heavy atom. The molecule has 0 fully saturated rings. The van der Waals surface area contributed by atoms with E-state index < -0.39 is 97.5 Å². The van der Waals surface area contributed by atoms with Crippen molar-refractivity contribution in [2.45, 2.75) is 431 Å². The van der Waals surface area contributed by atoms with Crippen LogP contribution in [0, 0.1) is 0 Å². The molecule has 0 aromatic heterocycles. The summed E-state index contributed by atoms with van der Waals surface area (Å²) in [5, 5.41) is 10.6. The summed E-state index contributed by atoms with van der Waals surface area (Å²) >= 11 is 0. The van der Waals surface area contributed by atoms with Gasteiger partial charge in [0, 0.05) is 25.7 Å². The largest absolute Gasteiger partial charge is 0.472 e. The van der Waals surface area contributed by atoms with E-state index in [1.54, 1.807) is 0 Å². The number of allylic oxidation sites excluding steroid dienone is 4. The zero-order chi connectivity index (χ0) is 73.2. The van der Waals surface area contributed by atoms with E-state index in [1.807, 2.05) is 0 Å². The van der Waals surface area contributed by atoms with Gasteiger partial charge in [-0.3, -0.25) is 37.3 Å². The quantitative estimate of drug-likeness (QED) is 0.0169. The normalized spacial score (nSPS) is 13.9. The highest BCUT2D eigenvalue weighted by atomic mass is 31.2. The standard InChI is InChI=1S/C81H154O17P2/c1-5-9-13-17-21-25-29-33-37-41-45-49-53-57-61-65-78(83)91-71-76(97-80(85)67-63-59-55-51-47-43-39-35-31-27-23-19-15-11-7-3)73-95-99(87,88)93-69-75(82)70-94-100(89,90)96-74-77(98-81(86)68-64-60-56-52-48-44-40-36-32-28-24-20-16-12-8-4)72-92-79(84)66-62-58-54-50-46-42-38-34-30-26-22-18-14-10-6-2/h23,27,35,39,75-77,82H,5-22,24-26,28-34,36-38,40-74H2,1-4H3,(H,87,88)(H,89,90)/b27-23-,39-35-/t75-,76+,77+/m0/s1. The number of hydrogen-bond donors (Lipinski definition) is 3. The number of carbonyl (C=O) groups is 4. The lowest BCUT2D eigenvalue weighted by atomic mass is 10.0. The zero-order valence-corrected chi connectivity index (χ0v) is 66.5. The van der Waals surface area contributed by atoms with Gasteiger partial charge in [-0.2, -0.15) is 0 Å². The number of carbonyl (C=O) groups excluding carboxylic acids is 4. The highest BCUT2D eigenvalue weighted by molar-refractivity contribution is 7.47. The second-order valence-electron chi connectivity index (χ2n) is 28.4. The molecule has 17 nitrogen and oxygen atoms in total. The minimum absolute atomic E-state index is 0.0877. The Labute approximate surface area is 612 Å². The van der Waals surface area contributed by atoms with E-state index in [0.29, 0.717) is 25.7 Å². The predicted octanol–water partition coefficient (Wildman–Crippen LogP) is 24.1. The number of rotatable bonds is 80. The Morgan fingerprint density at radius 3 is 0.760 bits per heavy atom. The molecule has 0 aliphatic heterocycles. The van der Waals surface area contributed by atoms with Crippen molar-refractivity contribution >= 4 is 39.5 Å². The third-order valence-electron chi connectivity index (χ3n) is 18.4. The lowest BCUT2D eigenvalue weighted by Crippen LogP contribution is -2.30. The minimum Gasteiger partial charge on any atom is -0.462 e. The molecule has 2 unspecified atom stereocenters. The first-order chi connectivity index (χ1) is 48.7. The second kappa shape index (κ2) is 74.8. The van der Waals surface area contributed by atoms with Gasteiger partial charge >= 0.3 is 39.5 Å². The second-order valence-corrected chi connectivity index (χ2v) is 31.4. The fourth-order valence-corrected chi connectivity index (χ4v) is 13.7. The van der Waals surface area contributed by atoms with Crippen molar-refractivity contribution in [3.63, 3.8) is 0 Å². The van der Waals surface area contributed by atoms with E-state index in [4.69, 9.17) is 37.0 Å².